The van der Waals surface area contributed by atoms with Crippen LogP contribution in [-0.2, 0) is 10.0 Å². The molecule has 1 N–H and O–H groups in total. The molecular weight excluding hydrogens is 276 g/mol. The van der Waals surface area contributed by atoms with Gasteiger partial charge in [0, 0.05) is 38.4 Å². The molecule has 0 unspecified atom stereocenters. The second-order valence-electron chi connectivity index (χ2n) is 5.39. The predicted octanol–water partition coefficient (Wildman–Crippen LogP) is 0.838. The minimum Gasteiger partial charge on any atom is -0.368 e. The van der Waals surface area contributed by atoms with Gasteiger partial charge in [-0.05, 0) is 33.0 Å². The molecule has 0 amide bonds. The third-order valence-electron chi connectivity index (χ3n) is 3.27. The van der Waals surface area contributed by atoms with Gasteiger partial charge in [-0.15, -0.1) is 0 Å². The molecule has 20 heavy (non-hydrogen) atoms. The first-order valence-electron chi connectivity index (χ1n) is 6.81. The average Bonchev–Trinajstić information content (AvgIpc) is 2.39. The molecule has 1 fully saturated rings. The van der Waals surface area contributed by atoms with Crippen molar-refractivity contribution in [2.75, 3.05) is 38.5 Å². The Morgan fingerprint density at radius 2 is 1.85 bits per heavy atom. The van der Waals surface area contributed by atoms with E-state index in [1.807, 2.05) is 20.9 Å². The highest BCUT2D eigenvalue weighted by atomic mass is 32.2. The molecule has 0 spiro atoms. The van der Waals surface area contributed by atoms with Gasteiger partial charge in [0.2, 0.25) is 10.0 Å². The molecule has 112 valence electrons. The van der Waals surface area contributed by atoms with Crippen molar-refractivity contribution in [2.24, 2.45) is 0 Å². The van der Waals surface area contributed by atoms with Gasteiger partial charge in [-0.3, -0.25) is 0 Å². The van der Waals surface area contributed by atoms with Crippen LogP contribution in [0.3, 0.4) is 0 Å². The lowest BCUT2D eigenvalue weighted by Crippen LogP contribution is -2.47. The SMILES string of the molecule is CC(C)Nc1ccc(S(=O)(=O)N2CCN(C)CC2)cn1. The number of rotatable bonds is 4. The van der Waals surface area contributed by atoms with Gasteiger partial charge in [0.25, 0.3) is 0 Å². The highest BCUT2D eigenvalue weighted by Gasteiger charge is 2.27. The van der Waals surface area contributed by atoms with Gasteiger partial charge in [0.1, 0.15) is 10.7 Å². The van der Waals surface area contributed by atoms with Gasteiger partial charge in [-0.25, -0.2) is 13.4 Å². The van der Waals surface area contributed by atoms with Crippen molar-refractivity contribution in [3.8, 4) is 0 Å². The first-order chi connectivity index (χ1) is 9.39. The normalized spacial score (nSPS) is 18.4. The zero-order valence-corrected chi connectivity index (χ0v) is 13.0. The highest BCUT2D eigenvalue weighted by molar-refractivity contribution is 7.89. The quantitative estimate of drug-likeness (QED) is 0.892. The summed E-state index contributed by atoms with van der Waals surface area (Å²) in [6, 6.07) is 3.59. The van der Waals surface area contributed by atoms with Gasteiger partial charge in [-0.2, -0.15) is 4.31 Å². The van der Waals surface area contributed by atoms with Crippen molar-refractivity contribution in [1.29, 1.82) is 0 Å². The molecule has 2 rings (SSSR count). The molecule has 0 radical (unpaired) electrons. The maximum atomic E-state index is 12.5. The second kappa shape index (κ2) is 6.07. The fourth-order valence-electron chi connectivity index (χ4n) is 2.09. The first-order valence-corrected chi connectivity index (χ1v) is 8.25. The van der Waals surface area contributed by atoms with E-state index >= 15 is 0 Å². The predicted molar refractivity (Wildman–Crippen MR) is 79.3 cm³/mol. The third-order valence-corrected chi connectivity index (χ3v) is 5.16. The summed E-state index contributed by atoms with van der Waals surface area (Å²) in [6.07, 6.45) is 1.43. The standard InChI is InChI=1S/C13H22N4O2S/c1-11(2)15-13-5-4-12(10-14-13)20(18,19)17-8-6-16(3)7-9-17/h4-5,10-11H,6-9H2,1-3H3,(H,14,15). The van der Waals surface area contributed by atoms with Crippen LogP contribution in [0.4, 0.5) is 5.82 Å². The Bertz CT molecular complexity index is 534. The summed E-state index contributed by atoms with van der Waals surface area (Å²) in [5, 5.41) is 3.14. The zero-order chi connectivity index (χ0) is 14.8. The van der Waals surface area contributed by atoms with Crippen LogP contribution in [0.1, 0.15) is 13.8 Å². The van der Waals surface area contributed by atoms with Crippen LogP contribution in [0.5, 0.6) is 0 Å². The first kappa shape index (κ1) is 15.2. The highest BCUT2D eigenvalue weighted by Crippen LogP contribution is 2.18. The zero-order valence-electron chi connectivity index (χ0n) is 12.2. The smallest absolute Gasteiger partial charge is 0.244 e. The summed E-state index contributed by atoms with van der Waals surface area (Å²) in [5.74, 6) is 0.692. The number of anilines is 1. The van der Waals surface area contributed by atoms with E-state index < -0.39 is 10.0 Å². The lowest BCUT2D eigenvalue weighted by molar-refractivity contribution is 0.222. The molecule has 1 aromatic heterocycles. The van der Waals surface area contributed by atoms with Crippen molar-refractivity contribution < 1.29 is 8.42 Å². The average molecular weight is 298 g/mol. The number of nitrogens with zero attached hydrogens (tertiary/aromatic N) is 3. The van der Waals surface area contributed by atoms with Gasteiger partial charge in [0.15, 0.2) is 0 Å². The summed E-state index contributed by atoms with van der Waals surface area (Å²) in [4.78, 5) is 6.55. The molecule has 1 aromatic rings. The van der Waals surface area contributed by atoms with E-state index in [-0.39, 0.29) is 10.9 Å². The summed E-state index contributed by atoms with van der Waals surface area (Å²) < 4.78 is 26.5. The van der Waals surface area contributed by atoms with Crippen molar-refractivity contribution in [1.82, 2.24) is 14.2 Å². The topological polar surface area (TPSA) is 65.5 Å². The van der Waals surface area contributed by atoms with Crippen LogP contribution in [0.2, 0.25) is 0 Å². The molecule has 1 aliphatic heterocycles. The fraction of sp³-hybridized carbons (Fsp3) is 0.615. The van der Waals surface area contributed by atoms with Crippen molar-refractivity contribution in [3.63, 3.8) is 0 Å². The number of sulfonamides is 1. The molecule has 2 heterocycles. The molecule has 0 aromatic carbocycles. The molecule has 7 heteroatoms. The maximum Gasteiger partial charge on any atom is 0.244 e. The summed E-state index contributed by atoms with van der Waals surface area (Å²) in [6.45, 7) is 6.61. The van der Waals surface area contributed by atoms with Gasteiger partial charge >= 0.3 is 0 Å². The number of aromatic nitrogens is 1. The largest absolute Gasteiger partial charge is 0.368 e. The van der Waals surface area contributed by atoms with E-state index in [1.54, 1.807) is 12.1 Å². The molecular formula is C13H22N4O2S. The molecule has 0 bridgehead atoms. The van der Waals surface area contributed by atoms with Crippen LogP contribution < -0.4 is 5.32 Å². The summed E-state index contributed by atoms with van der Waals surface area (Å²) in [5.41, 5.74) is 0. The number of hydrogen-bond acceptors (Lipinski definition) is 5. The summed E-state index contributed by atoms with van der Waals surface area (Å²) in [7, 11) is -1.42. The number of piperazine rings is 1. The van der Waals surface area contributed by atoms with E-state index in [0.717, 1.165) is 13.1 Å². The van der Waals surface area contributed by atoms with Gasteiger partial charge in [-0.1, -0.05) is 0 Å². The van der Waals surface area contributed by atoms with E-state index in [1.165, 1.54) is 10.5 Å². The fourth-order valence-corrected chi connectivity index (χ4v) is 3.46. The van der Waals surface area contributed by atoms with E-state index in [4.69, 9.17) is 0 Å². The number of pyridine rings is 1. The lowest BCUT2D eigenvalue weighted by Gasteiger charge is -2.31. The Morgan fingerprint density at radius 1 is 1.20 bits per heavy atom. The third kappa shape index (κ3) is 3.47. The minimum absolute atomic E-state index is 0.261. The van der Waals surface area contributed by atoms with Crippen LogP contribution in [0, 0.1) is 0 Å². The van der Waals surface area contributed by atoms with Crippen LogP contribution in [0.25, 0.3) is 0 Å². The van der Waals surface area contributed by atoms with Crippen LogP contribution in [0.15, 0.2) is 23.2 Å². The van der Waals surface area contributed by atoms with E-state index in [2.05, 4.69) is 15.2 Å². The van der Waals surface area contributed by atoms with Crippen LogP contribution in [-0.4, -0.2) is 61.9 Å². The molecule has 0 aliphatic carbocycles. The van der Waals surface area contributed by atoms with E-state index in [9.17, 15) is 8.42 Å². The monoisotopic (exact) mass is 298 g/mol. The van der Waals surface area contributed by atoms with E-state index in [0.29, 0.717) is 18.9 Å². The Labute approximate surface area is 120 Å². The van der Waals surface area contributed by atoms with Gasteiger partial charge < -0.3 is 10.2 Å². The van der Waals surface area contributed by atoms with Crippen molar-refractivity contribution >= 4 is 15.8 Å². The Hall–Kier alpha value is -1.18. The molecule has 6 nitrogen and oxygen atoms in total. The number of hydrogen-bond donors (Lipinski definition) is 1. The van der Waals surface area contributed by atoms with Crippen molar-refractivity contribution in [3.05, 3.63) is 18.3 Å². The Morgan fingerprint density at radius 3 is 2.35 bits per heavy atom. The maximum absolute atomic E-state index is 12.5. The summed E-state index contributed by atoms with van der Waals surface area (Å²) >= 11 is 0. The van der Waals surface area contributed by atoms with Crippen molar-refractivity contribution in [2.45, 2.75) is 24.8 Å². The molecule has 0 saturated carbocycles. The minimum atomic E-state index is -3.41. The number of nitrogens with one attached hydrogen (secondary N) is 1. The second-order valence-corrected chi connectivity index (χ2v) is 7.32. The number of likely N-dealkylation sites (N-methyl/N-ethyl adjacent to an activating group) is 1. The Kier molecular flexibility index (Phi) is 4.62. The lowest BCUT2D eigenvalue weighted by atomic mass is 10.4. The Balaban J connectivity index is 2.13. The van der Waals surface area contributed by atoms with Gasteiger partial charge in [0.05, 0.1) is 0 Å². The van der Waals surface area contributed by atoms with Crippen LogP contribution >= 0.6 is 0 Å². The molecule has 1 aliphatic rings. The molecule has 1 saturated heterocycles. The molecule has 0 atom stereocenters.